The second-order valence-corrected chi connectivity index (χ2v) is 5.99. The standard InChI is InChI=1S/C23H22N2/c1-4-24-18(3)25-23-15-14-22(16-17(23)2)21-12-10-20(11-13-21)19-8-6-5-7-9-19/h4-16H,1H2,2-3H3,(H,24,25). The molecule has 0 unspecified atom stereocenters. The minimum Gasteiger partial charge on any atom is -0.351 e. The van der Waals surface area contributed by atoms with Crippen LogP contribution in [0.15, 0.2) is 90.6 Å². The molecule has 0 heterocycles. The number of amidine groups is 1. The molecule has 0 aromatic heterocycles. The van der Waals surface area contributed by atoms with Crippen LogP contribution in [0.2, 0.25) is 0 Å². The molecule has 0 spiro atoms. The monoisotopic (exact) mass is 326 g/mol. The van der Waals surface area contributed by atoms with Crippen LogP contribution in [0.4, 0.5) is 5.69 Å². The lowest BCUT2D eigenvalue weighted by atomic mass is 9.99. The fourth-order valence-electron chi connectivity index (χ4n) is 2.81. The summed E-state index contributed by atoms with van der Waals surface area (Å²) in [6.07, 6.45) is 1.64. The van der Waals surface area contributed by atoms with E-state index in [9.17, 15) is 0 Å². The molecule has 2 nitrogen and oxygen atoms in total. The highest BCUT2D eigenvalue weighted by molar-refractivity contribution is 5.84. The van der Waals surface area contributed by atoms with Gasteiger partial charge in [0.25, 0.3) is 0 Å². The van der Waals surface area contributed by atoms with Crippen LogP contribution >= 0.6 is 0 Å². The van der Waals surface area contributed by atoms with E-state index in [1.165, 1.54) is 22.3 Å². The normalized spacial score (nSPS) is 11.2. The minimum atomic E-state index is 0.832. The summed E-state index contributed by atoms with van der Waals surface area (Å²) in [7, 11) is 0. The van der Waals surface area contributed by atoms with Gasteiger partial charge < -0.3 is 5.32 Å². The number of nitrogens with zero attached hydrogens (tertiary/aromatic N) is 1. The zero-order chi connectivity index (χ0) is 17.6. The number of nitrogens with one attached hydrogen (secondary N) is 1. The molecule has 3 aromatic rings. The molecule has 3 aromatic carbocycles. The van der Waals surface area contributed by atoms with Gasteiger partial charge in [0.05, 0.1) is 5.69 Å². The maximum Gasteiger partial charge on any atom is 0.103 e. The molecule has 3 rings (SSSR count). The van der Waals surface area contributed by atoms with Crippen molar-refractivity contribution in [3.8, 4) is 22.3 Å². The van der Waals surface area contributed by atoms with E-state index in [1.807, 2.05) is 13.0 Å². The van der Waals surface area contributed by atoms with Crippen molar-refractivity contribution in [3.63, 3.8) is 0 Å². The summed E-state index contributed by atoms with van der Waals surface area (Å²) < 4.78 is 0. The highest BCUT2D eigenvalue weighted by Gasteiger charge is 2.03. The SMILES string of the molecule is C=CN/C(C)=N/c1ccc(-c2ccc(-c3ccccc3)cc2)cc1C. The molecule has 0 aliphatic carbocycles. The summed E-state index contributed by atoms with van der Waals surface area (Å²) >= 11 is 0. The first-order chi connectivity index (χ1) is 12.2. The van der Waals surface area contributed by atoms with Crippen LogP contribution in [-0.4, -0.2) is 5.84 Å². The van der Waals surface area contributed by atoms with Gasteiger partial charge in [0, 0.05) is 0 Å². The number of rotatable bonds is 4. The summed E-state index contributed by atoms with van der Waals surface area (Å²) in [5, 5.41) is 3.00. The number of aryl methyl sites for hydroxylation is 1. The van der Waals surface area contributed by atoms with Gasteiger partial charge in [-0.15, -0.1) is 0 Å². The van der Waals surface area contributed by atoms with Crippen molar-refractivity contribution in [3.05, 3.63) is 91.1 Å². The summed E-state index contributed by atoms with van der Waals surface area (Å²) in [6.45, 7) is 7.67. The van der Waals surface area contributed by atoms with E-state index in [2.05, 4.69) is 90.5 Å². The van der Waals surface area contributed by atoms with Crippen LogP contribution in [0, 0.1) is 6.92 Å². The van der Waals surface area contributed by atoms with Gasteiger partial charge in [-0.1, -0.05) is 67.2 Å². The first-order valence-electron chi connectivity index (χ1n) is 8.36. The zero-order valence-corrected chi connectivity index (χ0v) is 14.7. The van der Waals surface area contributed by atoms with Gasteiger partial charge in [-0.2, -0.15) is 0 Å². The summed E-state index contributed by atoms with van der Waals surface area (Å²) in [5.74, 6) is 0.832. The Bertz CT molecular complexity index is 891. The van der Waals surface area contributed by atoms with Gasteiger partial charge in [-0.25, -0.2) is 4.99 Å². The van der Waals surface area contributed by atoms with Crippen molar-refractivity contribution in [2.45, 2.75) is 13.8 Å². The number of benzene rings is 3. The zero-order valence-electron chi connectivity index (χ0n) is 14.7. The van der Waals surface area contributed by atoms with Crippen LogP contribution in [0.3, 0.4) is 0 Å². The van der Waals surface area contributed by atoms with Gasteiger partial charge in [-0.3, -0.25) is 0 Å². The van der Waals surface area contributed by atoms with Crippen molar-refractivity contribution in [1.82, 2.24) is 5.32 Å². The molecule has 25 heavy (non-hydrogen) atoms. The highest BCUT2D eigenvalue weighted by atomic mass is 15.0. The minimum absolute atomic E-state index is 0.832. The van der Waals surface area contributed by atoms with E-state index in [0.29, 0.717) is 0 Å². The first-order valence-corrected chi connectivity index (χ1v) is 8.36. The van der Waals surface area contributed by atoms with Gasteiger partial charge >= 0.3 is 0 Å². The number of hydrogen-bond donors (Lipinski definition) is 1. The van der Waals surface area contributed by atoms with Crippen LogP contribution in [-0.2, 0) is 0 Å². The smallest absolute Gasteiger partial charge is 0.103 e. The molecule has 1 N–H and O–H groups in total. The molecule has 0 atom stereocenters. The van der Waals surface area contributed by atoms with Gasteiger partial charge in [0.2, 0.25) is 0 Å². The molecule has 0 amide bonds. The Kier molecular flexibility index (Phi) is 5.10. The van der Waals surface area contributed by atoms with Crippen molar-refractivity contribution < 1.29 is 0 Å². The second kappa shape index (κ2) is 7.63. The molecule has 0 radical (unpaired) electrons. The topological polar surface area (TPSA) is 24.4 Å². The van der Waals surface area contributed by atoms with Gasteiger partial charge in [0.15, 0.2) is 0 Å². The molecule has 0 saturated carbocycles. The van der Waals surface area contributed by atoms with Crippen LogP contribution < -0.4 is 5.32 Å². The summed E-state index contributed by atoms with van der Waals surface area (Å²) in [5.41, 5.74) is 6.99. The number of aliphatic imine (C=N–C) groups is 1. The molecule has 0 aliphatic heterocycles. The van der Waals surface area contributed by atoms with Crippen molar-refractivity contribution in [2.24, 2.45) is 4.99 Å². The second-order valence-electron chi connectivity index (χ2n) is 5.99. The van der Waals surface area contributed by atoms with Crippen LogP contribution in [0.25, 0.3) is 22.3 Å². The Balaban J connectivity index is 1.86. The predicted octanol–water partition coefficient (Wildman–Crippen LogP) is 6.11. The fraction of sp³-hybridized carbons (Fsp3) is 0.0870. The van der Waals surface area contributed by atoms with Gasteiger partial charge in [-0.05, 0) is 60.0 Å². The van der Waals surface area contributed by atoms with E-state index in [4.69, 9.17) is 0 Å². The van der Waals surface area contributed by atoms with Crippen molar-refractivity contribution >= 4 is 11.5 Å². The Morgan fingerprint density at radius 2 is 1.40 bits per heavy atom. The lowest BCUT2D eigenvalue weighted by Gasteiger charge is -2.08. The molecule has 0 saturated heterocycles. The Morgan fingerprint density at radius 1 is 0.840 bits per heavy atom. The highest BCUT2D eigenvalue weighted by Crippen LogP contribution is 2.28. The van der Waals surface area contributed by atoms with Gasteiger partial charge in [0.1, 0.15) is 5.84 Å². The van der Waals surface area contributed by atoms with E-state index in [0.717, 1.165) is 17.1 Å². The quantitative estimate of drug-likeness (QED) is 0.454. The third-order valence-corrected chi connectivity index (χ3v) is 4.12. The first kappa shape index (κ1) is 16.7. The molecule has 0 aliphatic rings. The van der Waals surface area contributed by atoms with Crippen molar-refractivity contribution in [1.29, 1.82) is 0 Å². The maximum atomic E-state index is 4.57. The molecular weight excluding hydrogens is 304 g/mol. The Labute approximate surface area is 149 Å². The average molecular weight is 326 g/mol. The lowest BCUT2D eigenvalue weighted by molar-refractivity contribution is 1.23. The lowest BCUT2D eigenvalue weighted by Crippen LogP contribution is -2.11. The van der Waals surface area contributed by atoms with E-state index < -0.39 is 0 Å². The fourth-order valence-corrected chi connectivity index (χ4v) is 2.81. The Hall–Kier alpha value is -3.13. The predicted molar refractivity (Wildman–Crippen MR) is 108 cm³/mol. The molecular formula is C23H22N2. The molecule has 0 bridgehead atoms. The van der Waals surface area contributed by atoms with Crippen LogP contribution in [0.1, 0.15) is 12.5 Å². The molecule has 124 valence electrons. The largest absolute Gasteiger partial charge is 0.351 e. The third-order valence-electron chi connectivity index (χ3n) is 4.12. The summed E-state index contributed by atoms with van der Waals surface area (Å²) in [4.78, 5) is 4.57. The Morgan fingerprint density at radius 3 is 2.00 bits per heavy atom. The third kappa shape index (κ3) is 4.04. The van der Waals surface area contributed by atoms with Crippen LogP contribution in [0.5, 0.6) is 0 Å². The van der Waals surface area contributed by atoms with E-state index >= 15 is 0 Å². The molecule has 0 fully saturated rings. The number of hydrogen-bond acceptors (Lipinski definition) is 1. The average Bonchev–Trinajstić information content (AvgIpc) is 2.64. The summed E-state index contributed by atoms with van der Waals surface area (Å²) in [6, 6.07) is 25.5. The van der Waals surface area contributed by atoms with E-state index in [-0.39, 0.29) is 0 Å². The van der Waals surface area contributed by atoms with Crippen molar-refractivity contribution in [2.75, 3.05) is 0 Å². The van der Waals surface area contributed by atoms with E-state index in [1.54, 1.807) is 6.20 Å². The maximum absolute atomic E-state index is 4.57. The molecule has 2 heteroatoms.